The van der Waals surface area contributed by atoms with Crippen LogP contribution in [0.2, 0.25) is 0 Å². The van der Waals surface area contributed by atoms with Gasteiger partial charge in [-0.2, -0.15) is 9.78 Å². The van der Waals surface area contributed by atoms with Gasteiger partial charge in [0.05, 0.1) is 13.2 Å². The third-order valence-corrected chi connectivity index (χ3v) is 10.1. The van der Waals surface area contributed by atoms with E-state index >= 15 is 0 Å². The van der Waals surface area contributed by atoms with Gasteiger partial charge < -0.3 is 14.2 Å². The topological polar surface area (TPSA) is 49.4 Å². The smallest absolute Gasteiger partial charge is 0.210 e. The van der Waals surface area contributed by atoms with Crippen molar-refractivity contribution in [3.8, 4) is 5.75 Å². The molecule has 6 heteroatoms. The van der Waals surface area contributed by atoms with Gasteiger partial charge in [0, 0.05) is 44.3 Å². The Bertz CT molecular complexity index is 902. The van der Waals surface area contributed by atoms with Crippen molar-refractivity contribution in [2.24, 2.45) is 23.7 Å². The van der Waals surface area contributed by atoms with Gasteiger partial charge in [-0.1, -0.05) is 12.1 Å². The fraction of sp³-hybridized carbons (Fsp3) is 0.793. The van der Waals surface area contributed by atoms with Crippen molar-refractivity contribution in [3.63, 3.8) is 0 Å². The second-order valence-electron chi connectivity index (χ2n) is 12.3. The van der Waals surface area contributed by atoms with Gasteiger partial charge in [-0.05, 0) is 86.8 Å². The van der Waals surface area contributed by atoms with E-state index < -0.39 is 11.6 Å². The van der Waals surface area contributed by atoms with Crippen LogP contribution in [-0.2, 0) is 19.2 Å². The molecular weight excluding hydrogens is 442 g/mol. The third kappa shape index (κ3) is 4.14. The van der Waals surface area contributed by atoms with Crippen LogP contribution in [0.1, 0.15) is 74.8 Å². The highest BCUT2D eigenvalue weighted by molar-refractivity contribution is 5.38. The average molecular weight is 484 g/mol. The highest BCUT2D eigenvalue weighted by atomic mass is 17.3. The first-order valence-corrected chi connectivity index (χ1v) is 14.2. The van der Waals surface area contributed by atoms with Gasteiger partial charge in [0.1, 0.15) is 12.4 Å². The van der Waals surface area contributed by atoms with Crippen molar-refractivity contribution in [1.29, 1.82) is 0 Å². The van der Waals surface area contributed by atoms with Gasteiger partial charge in [0.25, 0.3) is 0 Å². The van der Waals surface area contributed by atoms with E-state index in [-0.39, 0.29) is 0 Å². The monoisotopic (exact) mass is 483 g/mol. The molecule has 35 heavy (non-hydrogen) atoms. The Kier molecular flexibility index (Phi) is 5.90. The molecule has 0 amide bonds. The zero-order chi connectivity index (χ0) is 23.5. The molecule has 0 N–H and O–H groups in total. The number of benzene rings is 1. The maximum Gasteiger partial charge on any atom is 0.210 e. The van der Waals surface area contributed by atoms with Crippen LogP contribution in [-0.4, -0.2) is 55.9 Å². The van der Waals surface area contributed by atoms with Gasteiger partial charge in [0.15, 0.2) is 0 Å². The summed E-state index contributed by atoms with van der Waals surface area (Å²) in [5.74, 6) is 3.22. The molecule has 2 saturated heterocycles. The van der Waals surface area contributed by atoms with Crippen LogP contribution in [0.3, 0.4) is 0 Å². The van der Waals surface area contributed by atoms with Gasteiger partial charge in [-0.15, -0.1) is 0 Å². The minimum Gasteiger partial charge on any atom is -0.492 e. The summed E-state index contributed by atoms with van der Waals surface area (Å²) in [7, 11) is 0. The first-order valence-electron chi connectivity index (χ1n) is 14.2. The van der Waals surface area contributed by atoms with E-state index in [1.165, 1.54) is 49.7 Å². The van der Waals surface area contributed by atoms with Crippen molar-refractivity contribution in [2.75, 3.05) is 39.5 Å². The van der Waals surface area contributed by atoms with E-state index in [1.54, 1.807) is 0 Å². The lowest BCUT2D eigenvalue weighted by Crippen LogP contribution is -2.59. The van der Waals surface area contributed by atoms with E-state index in [4.69, 9.17) is 24.0 Å². The van der Waals surface area contributed by atoms with Gasteiger partial charge >= 0.3 is 0 Å². The molecule has 1 unspecified atom stereocenters. The van der Waals surface area contributed by atoms with Crippen LogP contribution in [0.25, 0.3) is 0 Å². The summed E-state index contributed by atoms with van der Waals surface area (Å²) in [5, 5.41) is 0. The summed E-state index contributed by atoms with van der Waals surface area (Å²) in [6.07, 6.45) is 10.6. The molecule has 192 valence electrons. The van der Waals surface area contributed by atoms with E-state index in [2.05, 4.69) is 30.0 Å². The highest BCUT2D eigenvalue weighted by Gasteiger charge is 2.67. The maximum atomic E-state index is 6.99. The lowest BCUT2D eigenvalue weighted by molar-refractivity contribution is -0.390. The summed E-state index contributed by atoms with van der Waals surface area (Å²) in [5.41, 5.74) is 2.59. The van der Waals surface area contributed by atoms with Gasteiger partial charge in [-0.25, -0.2) is 0 Å². The van der Waals surface area contributed by atoms with E-state index in [9.17, 15) is 0 Å². The quantitative estimate of drug-likeness (QED) is 0.537. The Morgan fingerprint density at radius 2 is 1.77 bits per heavy atom. The molecule has 2 heterocycles. The SMILES string of the molecule is Cc1cc(C2CCC[C@]3(C2)OOC2(O3)C3CC4CC(C3)CC2C4)ccc1OCCN1CCOCC1. The highest BCUT2D eigenvalue weighted by Crippen LogP contribution is 2.64. The zero-order valence-electron chi connectivity index (χ0n) is 21.2. The fourth-order valence-corrected chi connectivity index (χ4v) is 8.46. The summed E-state index contributed by atoms with van der Waals surface area (Å²) < 4.78 is 18.6. The van der Waals surface area contributed by atoms with Crippen LogP contribution in [0.4, 0.5) is 0 Å². The number of aryl methyl sites for hydroxylation is 1. The minimum absolute atomic E-state index is 0.431. The molecule has 6 nitrogen and oxygen atoms in total. The van der Waals surface area contributed by atoms with Gasteiger partial charge in [0.2, 0.25) is 11.6 Å². The number of hydrogen-bond acceptors (Lipinski definition) is 6. The van der Waals surface area contributed by atoms with E-state index in [0.29, 0.717) is 17.8 Å². The molecule has 2 atom stereocenters. The third-order valence-electron chi connectivity index (χ3n) is 10.1. The molecule has 5 saturated carbocycles. The Labute approximate surface area is 209 Å². The van der Waals surface area contributed by atoms with Crippen LogP contribution < -0.4 is 4.74 Å². The normalized spacial score (nSPS) is 42.8. The lowest BCUT2D eigenvalue weighted by Gasteiger charge is -2.57. The molecule has 4 bridgehead atoms. The number of ether oxygens (including phenoxy) is 3. The van der Waals surface area contributed by atoms with E-state index in [1.807, 2.05) is 0 Å². The molecule has 2 spiro atoms. The number of nitrogens with zero attached hydrogens (tertiary/aromatic N) is 1. The Balaban J connectivity index is 1.01. The van der Waals surface area contributed by atoms with Crippen molar-refractivity contribution in [1.82, 2.24) is 4.90 Å². The molecular formula is C29H41NO5. The number of hydrogen-bond donors (Lipinski definition) is 0. The van der Waals surface area contributed by atoms with Gasteiger partial charge in [-0.3, -0.25) is 4.90 Å². The Hall–Kier alpha value is -1.18. The Morgan fingerprint density at radius 3 is 2.51 bits per heavy atom. The second kappa shape index (κ2) is 8.98. The molecule has 1 aromatic rings. The largest absolute Gasteiger partial charge is 0.492 e. The van der Waals surface area contributed by atoms with E-state index in [0.717, 1.165) is 76.3 Å². The molecule has 0 radical (unpaired) electrons. The summed E-state index contributed by atoms with van der Waals surface area (Å²) in [4.78, 5) is 14.9. The van der Waals surface area contributed by atoms with Crippen LogP contribution in [0.15, 0.2) is 18.2 Å². The number of morpholine rings is 1. The number of rotatable bonds is 5. The minimum atomic E-state index is -0.570. The zero-order valence-corrected chi connectivity index (χ0v) is 21.2. The summed E-state index contributed by atoms with van der Waals surface area (Å²) in [6, 6.07) is 6.74. The molecule has 7 aliphatic rings. The van der Waals surface area contributed by atoms with Crippen molar-refractivity contribution in [2.45, 2.75) is 82.2 Å². The first kappa shape index (κ1) is 23.0. The predicted molar refractivity (Wildman–Crippen MR) is 131 cm³/mol. The standard InChI is InChI=1S/C29H41NO5/c1-20-13-23(4-5-27(20)32-12-9-30-7-10-31-11-8-30)24-3-2-6-28(19-24)33-29(35-34-28)25-15-21-14-22(17-25)18-26(29)16-21/h4-5,13,21-22,24-26H,2-3,6-12,14-19H2,1H3/t21?,22?,24?,25?,26?,28-,29?/m1/s1. The van der Waals surface area contributed by atoms with Crippen LogP contribution in [0, 0.1) is 30.6 Å². The van der Waals surface area contributed by atoms with Crippen molar-refractivity contribution in [3.05, 3.63) is 29.3 Å². The molecule has 2 aliphatic heterocycles. The van der Waals surface area contributed by atoms with Crippen LogP contribution >= 0.6 is 0 Å². The fourth-order valence-electron chi connectivity index (χ4n) is 8.46. The second-order valence-corrected chi connectivity index (χ2v) is 12.3. The molecule has 5 aliphatic carbocycles. The molecule has 8 rings (SSSR count). The predicted octanol–water partition coefficient (Wildman–Crippen LogP) is 5.19. The molecule has 1 aromatic carbocycles. The average Bonchev–Trinajstić information content (AvgIpc) is 3.23. The molecule has 7 fully saturated rings. The van der Waals surface area contributed by atoms with Crippen molar-refractivity contribution < 1.29 is 24.0 Å². The van der Waals surface area contributed by atoms with Crippen LogP contribution in [0.5, 0.6) is 5.75 Å². The first-order chi connectivity index (χ1) is 17.1. The lowest BCUT2D eigenvalue weighted by atomic mass is 9.53. The Morgan fingerprint density at radius 1 is 1.00 bits per heavy atom. The summed E-state index contributed by atoms with van der Waals surface area (Å²) in [6.45, 7) is 7.51. The summed E-state index contributed by atoms with van der Waals surface area (Å²) >= 11 is 0. The maximum absolute atomic E-state index is 6.99. The molecule has 0 aromatic heterocycles. The van der Waals surface area contributed by atoms with Crippen molar-refractivity contribution >= 4 is 0 Å².